The maximum absolute atomic E-state index is 12.9. The van der Waals surface area contributed by atoms with E-state index in [2.05, 4.69) is 9.71 Å². The van der Waals surface area contributed by atoms with E-state index in [0.29, 0.717) is 0 Å². The summed E-state index contributed by atoms with van der Waals surface area (Å²) in [5.41, 5.74) is 3.46. The lowest BCUT2D eigenvalue weighted by Gasteiger charge is -2.15. The van der Waals surface area contributed by atoms with Crippen LogP contribution in [-0.4, -0.2) is 36.8 Å². The van der Waals surface area contributed by atoms with Gasteiger partial charge in [-0.3, -0.25) is 4.79 Å². The number of hydrogen-bond donors (Lipinski definition) is 3. The van der Waals surface area contributed by atoms with Gasteiger partial charge in [0.2, 0.25) is 10.0 Å². The molecule has 3 N–H and O–H groups in total. The van der Waals surface area contributed by atoms with Crippen LogP contribution in [0.15, 0.2) is 88.8 Å². The molecular formula is C24H22N2O4S2. The molecule has 1 aromatic heterocycles. The molecule has 1 heterocycles. The average molecular weight is 467 g/mol. The second-order valence-corrected chi connectivity index (χ2v) is 9.92. The minimum atomic E-state index is -4.01. The lowest BCUT2D eigenvalue weighted by Crippen LogP contribution is -2.42. The molecule has 164 valence electrons. The molecular weight excluding hydrogens is 444 g/mol. The molecule has 0 aliphatic heterocycles. The number of carboxylic acid groups (broad SMARTS) is 1. The van der Waals surface area contributed by atoms with Gasteiger partial charge in [0.15, 0.2) is 0 Å². The monoisotopic (exact) mass is 466 g/mol. The van der Waals surface area contributed by atoms with Gasteiger partial charge < -0.3 is 10.1 Å². The Bertz CT molecular complexity index is 1350. The summed E-state index contributed by atoms with van der Waals surface area (Å²) in [6.45, 7) is 0. The Morgan fingerprint density at radius 3 is 2.25 bits per heavy atom. The zero-order valence-electron chi connectivity index (χ0n) is 17.3. The van der Waals surface area contributed by atoms with Crippen molar-refractivity contribution in [2.45, 2.75) is 22.3 Å². The summed E-state index contributed by atoms with van der Waals surface area (Å²) in [5, 5.41) is 10.5. The van der Waals surface area contributed by atoms with Crippen LogP contribution >= 0.6 is 11.8 Å². The normalized spacial score (nSPS) is 12.7. The number of aliphatic carboxylic acids is 1. The van der Waals surface area contributed by atoms with E-state index in [4.69, 9.17) is 0 Å². The van der Waals surface area contributed by atoms with Crippen LogP contribution in [0, 0.1) is 0 Å². The van der Waals surface area contributed by atoms with Crippen LogP contribution in [0.25, 0.3) is 22.0 Å². The number of carbonyl (C=O) groups is 1. The number of aromatic amines is 1. The summed E-state index contributed by atoms with van der Waals surface area (Å²) in [6, 6.07) is 20.6. The Morgan fingerprint density at radius 1 is 1.00 bits per heavy atom. The summed E-state index contributed by atoms with van der Waals surface area (Å²) < 4.78 is 28.1. The van der Waals surface area contributed by atoms with E-state index in [1.807, 2.05) is 54.8 Å². The van der Waals surface area contributed by atoms with E-state index in [1.165, 1.54) is 12.1 Å². The number of benzene rings is 3. The predicted octanol–water partition coefficient (Wildman–Crippen LogP) is 4.53. The van der Waals surface area contributed by atoms with Crippen molar-refractivity contribution in [1.82, 2.24) is 9.71 Å². The summed E-state index contributed by atoms with van der Waals surface area (Å²) >= 11 is 1.65. The molecule has 1 unspecified atom stereocenters. The number of fused-ring (bicyclic) bond motifs is 1. The lowest BCUT2D eigenvalue weighted by atomic mass is 10.1. The highest BCUT2D eigenvalue weighted by molar-refractivity contribution is 7.98. The van der Waals surface area contributed by atoms with Crippen molar-refractivity contribution < 1.29 is 18.3 Å². The molecule has 8 heteroatoms. The molecule has 0 saturated carbocycles. The third kappa shape index (κ3) is 4.72. The fourth-order valence-electron chi connectivity index (χ4n) is 3.57. The number of thioether (sulfide) groups is 1. The fourth-order valence-corrected chi connectivity index (χ4v) is 5.16. The van der Waals surface area contributed by atoms with Crippen LogP contribution in [0.4, 0.5) is 0 Å². The molecule has 0 fully saturated rings. The van der Waals surface area contributed by atoms with Gasteiger partial charge in [-0.15, -0.1) is 11.8 Å². The first-order chi connectivity index (χ1) is 15.4. The first-order valence-electron chi connectivity index (χ1n) is 9.92. The minimum Gasteiger partial charge on any atom is -0.480 e. The highest BCUT2D eigenvalue weighted by Gasteiger charge is 2.26. The van der Waals surface area contributed by atoms with E-state index < -0.39 is 22.0 Å². The molecule has 4 aromatic rings. The van der Waals surface area contributed by atoms with Crippen LogP contribution in [-0.2, 0) is 21.2 Å². The zero-order valence-corrected chi connectivity index (χ0v) is 18.9. The number of aromatic nitrogens is 1. The Morgan fingerprint density at radius 2 is 1.62 bits per heavy atom. The number of rotatable bonds is 8. The van der Waals surface area contributed by atoms with Crippen molar-refractivity contribution in [3.8, 4) is 11.1 Å². The maximum Gasteiger partial charge on any atom is 0.322 e. The number of sulfonamides is 1. The van der Waals surface area contributed by atoms with Gasteiger partial charge in [0.25, 0.3) is 0 Å². The van der Waals surface area contributed by atoms with Gasteiger partial charge in [-0.25, -0.2) is 8.42 Å². The van der Waals surface area contributed by atoms with Gasteiger partial charge >= 0.3 is 5.97 Å². The van der Waals surface area contributed by atoms with Crippen molar-refractivity contribution >= 4 is 38.7 Å². The Labute approximate surface area is 190 Å². The minimum absolute atomic E-state index is 0.0205. The SMILES string of the molecule is CSc1ccc(-c2ccc(S(=O)(=O)NC(Cc3c[nH]c4ccccc34)C(=O)O)cc2)cc1. The number of para-hydroxylation sites is 1. The van der Waals surface area contributed by atoms with Gasteiger partial charge in [0.05, 0.1) is 4.90 Å². The summed E-state index contributed by atoms with van der Waals surface area (Å²) in [4.78, 5) is 16.1. The fraction of sp³-hybridized carbons (Fsp3) is 0.125. The molecule has 0 aliphatic carbocycles. The van der Waals surface area contributed by atoms with E-state index in [9.17, 15) is 18.3 Å². The van der Waals surface area contributed by atoms with Gasteiger partial charge in [0, 0.05) is 28.4 Å². The summed E-state index contributed by atoms with van der Waals surface area (Å²) in [6.07, 6.45) is 3.75. The predicted molar refractivity (Wildman–Crippen MR) is 127 cm³/mol. The molecule has 0 aliphatic rings. The van der Waals surface area contributed by atoms with Crippen molar-refractivity contribution in [2.75, 3.05) is 6.26 Å². The van der Waals surface area contributed by atoms with Crippen molar-refractivity contribution in [1.29, 1.82) is 0 Å². The highest BCUT2D eigenvalue weighted by Crippen LogP contribution is 2.25. The summed E-state index contributed by atoms with van der Waals surface area (Å²) in [7, 11) is -4.01. The molecule has 0 bridgehead atoms. The van der Waals surface area contributed by atoms with Crippen LogP contribution < -0.4 is 4.72 Å². The molecule has 4 rings (SSSR count). The number of hydrogen-bond acceptors (Lipinski definition) is 4. The second kappa shape index (κ2) is 9.20. The third-order valence-corrected chi connectivity index (χ3v) is 7.51. The van der Waals surface area contributed by atoms with E-state index in [-0.39, 0.29) is 11.3 Å². The third-order valence-electron chi connectivity index (χ3n) is 5.28. The van der Waals surface area contributed by atoms with Gasteiger partial charge in [-0.2, -0.15) is 4.72 Å². The molecule has 6 nitrogen and oxygen atoms in total. The van der Waals surface area contributed by atoms with Crippen LogP contribution in [0.2, 0.25) is 0 Å². The Balaban J connectivity index is 1.54. The number of nitrogens with one attached hydrogen (secondary N) is 2. The first-order valence-corrected chi connectivity index (χ1v) is 12.6. The van der Waals surface area contributed by atoms with Crippen molar-refractivity contribution in [2.24, 2.45) is 0 Å². The van der Waals surface area contributed by atoms with E-state index in [0.717, 1.165) is 32.5 Å². The maximum atomic E-state index is 12.9. The van der Waals surface area contributed by atoms with E-state index >= 15 is 0 Å². The van der Waals surface area contributed by atoms with Gasteiger partial charge in [-0.05, 0) is 53.3 Å². The molecule has 3 aromatic carbocycles. The smallest absolute Gasteiger partial charge is 0.322 e. The highest BCUT2D eigenvalue weighted by atomic mass is 32.2. The average Bonchev–Trinajstić information content (AvgIpc) is 3.21. The van der Waals surface area contributed by atoms with Crippen molar-refractivity contribution in [3.05, 3.63) is 84.6 Å². The zero-order chi connectivity index (χ0) is 22.7. The Hall–Kier alpha value is -3.07. The quantitative estimate of drug-likeness (QED) is 0.331. The standard InChI is InChI=1S/C24H22N2O4S2/c1-31-19-10-6-16(7-11-19)17-8-12-20(13-9-17)32(29,30)26-23(24(27)28)14-18-15-25-22-5-3-2-4-21(18)22/h2-13,15,23,25-26H,14H2,1H3,(H,27,28). The molecule has 32 heavy (non-hydrogen) atoms. The van der Waals surface area contributed by atoms with E-state index in [1.54, 1.807) is 30.1 Å². The summed E-state index contributed by atoms with van der Waals surface area (Å²) in [5.74, 6) is -1.23. The largest absolute Gasteiger partial charge is 0.480 e. The molecule has 0 spiro atoms. The number of H-pyrrole nitrogens is 1. The van der Waals surface area contributed by atoms with Gasteiger partial charge in [-0.1, -0.05) is 42.5 Å². The number of carboxylic acids is 1. The molecule has 0 amide bonds. The topological polar surface area (TPSA) is 99.3 Å². The van der Waals surface area contributed by atoms with Crippen LogP contribution in [0.5, 0.6) is 0 Å². The molecule has 0 radical (unpaired) electrons. The molecule has 1 atom stereocenters. The lowest BCUT2D eigenvalue weighted by molar-refractivity contribution is -0.138. The van der Waals surface area contributed by atoms with Crippen LogP contribution in [0.1, 0.15) is 5.56 Å². The Kier molecular flexibility index (Phi) is 6.36. The first kappa shape index (κ1) is 22.1. The van der Waals surface area contributed by atoms with Crippen LogP contribution in [0.3, 0.4) is 0 Å². The molecule has 0 saturated heterocycles. The van der Waals surface area contributed by atoms with Gasteiger partial charge in [0.1, 0.15) is 6.04 Å². The van der Waals surface area contributed by atoms with Crippen molar-refractivity contribution in [3.63, 3.8) is 0 Å². The second-order valence-electron chi connectivity index (χ2n) is 7.33.